The molecule has 0 N–H and O–H groups in total. The lowest BCUT2D eigenvalue weighted by molar-refractivity contribution is -0.127. The molecule has 2 saturated heterocycles. The van der Waals surface area contributed by atoms with Crippen molar-refractivity contribution >= 4 is 45.0 Å². The number of aryl methyl sites for hydroxylation is 1. The van der Waals surface area contributed by atoms with Crippen LogP contribution in [0.25, 0.3) is 0 Å². The van der Waals surface area contributed by atoms with Gasteiger partial charge in [0.25, 0.3) is 0 Å². The molecule has 2 aliphatic heterocycles. The number of anilines is 1. The summed E-state index contributed by atoms with van der Waals surface area (Å²) in [7, 11) is 0. The third-order valence-corrected chi connectivity index (χ3v) is 8.60. The van der Waals surface area contributed by atoms with E-state index in [0.29, 0.717) is 22.7 Å². The Morgan fingerprint density at radius 2 is 1.29 bits per heavy atom. The largest absolute Gasteiger partial charge is 0.457 e. The van der Waals surface area contributed by atoms with E-state index in [2.05, 4.69) is 15.9 Å². The van der Waals surface area contributed by atoms with Crippen molar-refractivity contribution in [1.29, 1.82) is 0 Å². The summed E-state index contributed by atoms with van der Waals surface area (Å²) in [5.74, 6) is -3.51. The molecule has 7 nitrogen and oxygen atoms in total. The lowest BCUT2D eigenvalue weighted by Crippen LogP contribution is -2.51. The molecule has 3 aliphatic rings. The van der Waals surface area contributed by atoms with Gasteiger partial charge in [-0.1, -0.05) is 70.0 Å². The average Bonchev–Trinajstić information content (AvgIpc) is 3.55. The third-order valence-electron chi connectivity index (χ3n) is 8.07. The second-order valence-electron chi connectivity index (χ2n) is 10.5. The zero-order valence-corrected chi connectivity index (χ0v) is 23.3. The Labute approximate surface area is 243 Å². The molecule has 1 aliphatic carbocycles. The SMILES string of the molecule is Cc1ccc([C@@H]2OC3(C(=O)c4ccccc4C3=O)[C@H]3C(=O)N(c4ccc(Oc5ccc(Br)cc5)cc4)C(=O)[C@@H]23)cc1. The van der Waals surface area contributed by atoms with Crippen LogP contribution in [-0.4, -0.2) is 29.0 Å². The van der Waals surface area contributed by atoms with E-state index in [1.807, 2.05) is 55.5 Å². The number of carbonyl (C=O) groups is 4. The summed E-state index contributed by atoms with van der Waals surface area (Å²) in [5, 5.41) is 0. The number of fused-ring (bicyclic) bond motifs is 3. The molecule has 0 bridgehead atoms. The average molecular weight is 608 g/mol. The summed E-state index contributed by atoms with van der Waals surface area (Å²) < 4.78 is 13.1. The molecule has 8 heteroatoms. The fourth-order valence-electron chi connectivity index (χ4n) is 6.13. The molecule has 2 fully saturated rings. The number of halogens is 1. The Morgan fingerprint density at radius 3 is 1.88 bits per heavy atom. The number of benzene rings is 4. The highest BCUT2D eigenvalue weighted by molar-refractivity contribution is 9.10. The minimum atomic E-state index is -2.10. The molecule has 0 unspecified atom stereocenters. The fraction of sp³-hybridized carbons (Fsp3) is 0.152. The first kappa shape index (κ1) is 25.6. The number of rotatable bonds is 4. The number of nitrogens with zero attached hydrogens (tertiary/aromatic N) is 1. The van der Waals surface area contributed by atoms with Gasteiger partial charge >= 0.3 is 0 Å². The second kappa shape index (κ2) is 9.33. The molecule has 3 atom stereocenters. The Bertz CT molecular complexity index is 1710. The van der Waals surface area contributed by atoms with E-state index in [4.69, 9.17) is 9.47 Å². The van der Waals surface area contributed by atoms with E-state index < -0.39 is 46.9 Å². The summed E-state index contributed by atoms with van der Waals surface area (Å²) in [6.45, 7) is 1.93. The highest BCUT2D eigenvalue weighted by Gasteiger charge is 2.74. The first-order valence-electron chi connectivity index (χ1n) is 13.1. The molecule has 0 radical (unpaired) electrons. The van der Waals surface area contributed by atoms with Crippen molar-refractivity contribution < 1.29 is 28.7 Å². The Hall–Kier alpha value is -4.40. The van der Waals surface area contributed by atoms with Gasteiger partial charge in [-0.25, -0.2) is 4.90 Å². The predicted molar refractivity (Wildman–Crippen MR) is 153 cm³/mol. The molecule has 4 aromatic carbocycles. The normalized spacial score (nSPS) is 22.4. The van der Waals surface area contributed by atoms with Crippen molar-refractivity contribution in [2.45, 2.75) is 18.6 Å². The van der Waals surface area contributed by atoms with Gasteiger partial charge in [-0.15, -0.1) is 0 Å². The van der Waals surface area contributed by atoms with Crippen molar-refractivity contribution in [2.24, 2.45) is 11.8 Å². The Kier molecular flexibility index (Phi) is 5.81. The van der Waals surface area contributed by atoms with Crippen molar-refractivity contribution in [3.63, 3.8) is 0 Å². The molecule has 1 spiro atoms. The van der Waals surface area contributed by atoms with Crippen molar-refractivity contribution in [3.8, 4) is 11.5 Å². The number of carbonyl (C=O) groups excluding carboxylic acids is 4. The van der Waals surface area contributed by atoms with Crippen LogP contribution in [0.4, 0.5) is 5.69 Å². The maximum Gasteiger partial charge on any atom is 0.241 e. The predicted octanol–water partition coefficient (Wildman–Crippen LogP) is 6.24. The summed E-state index contributed by atoms with van der Waals surface area (Å²) >= 11 is 3.39. The fourth-order valence-corrected chi connectivity index (χ4v) is 6.40. The first-order valence-corrected chi connectivity index (χ1v) is 13.9. The highest BCUT2D eigenvalue weighted by atomic mass is 79.9. The van der Waals surface area contributed by atoms with Crippen LogP contribution >= 0.6 is 15.9 Å². The van der Waals surface area contributed by atoms with E-state index in [0.717, 1.165) is 14.9 Å². The lowest BCUT2D eigenvalue weighted by Gasteiger charge is -2.27. The van der Waals surface area contributed by atoms with E-state index in [9.17, 15) is 19.2 Å². The number of ether oxygens (including phenoxy) is 2. The van der Waals surface area contributed by atoms with Gasteiger partial charge in [0.05, 0.1) is 23.6 Å². The van der Waals surface area contributed by atoms with Crippen LogP contribution in [0, 0.1) is 18.8 Å². The summed E-state index contributed by atoms with van der Waals surface area (Å²) in [5.41, 5.74) is 0.254. The molecule has 7 rings (SSSR count). The van der Waals surface area contributed by atoms with Gasteiger partial charge < -0.3 is 9.47 Å². The Balaban J connectivity index is 1.28. The summed E-state index contributed by atoms with van der Waals surface area (Å²) in [6, 6.07) is 27.7. The monoisotopic (exact) mass is 607 g/mol. The second-order valence-corrected chi connectivity index (χ2v) is 11.4. The number of imide groups is 1. The van der Waals surface area contributed by atoms with Gasteiger partial charge in [0.2, 0.25) is 29.0 Å². The van der Waals surface area contributed by atoms with Gasteiger partial charge in [0.1, 0.15) is 11.5 Å². The third kappa shape index (κ3) is 3.74. The zero-order chi connectivity index (χ0) is 28.5. The standard InChI is InChI=1S/C33H22BrNO6/c1-18-6-8-19(9-7-18)28-26-27(33(41-28)29(36)24-4-2-3-5-25(24)30(33)37)32(39)35(31(26)38)21-12-16-23(17-13-21)40-22-14-10-20(34)11-15-22/h2-17,26-28H,1H3/t26-,27-,28+/m1/s1. The Morgan fingerprint density at radius 1 is 0.732 bits per heavy atom. The topological polar surface area (TPSA) is 90.0 Å². The minimum absolute atomic E-state index is 0.203. The summed E-state index contributed by atoms with van der Waals surface area (Å²) in [6.07, 6.45) is -0.954. The van der Waals surface area contributed by atoms with E-state index >= 15 is 0 Å². The smallest absolute Gasteiger partial charge is 0.241 e. The van der Waals surface area contributed by atoms with Gasteiger partial charge in [-0.2, -0.15) is 0 Å². The minimum Gasteiger partial charge on any atom is -0.457 e. The van der Waals surface area contributed by atoms with Crippen LogP contribution in [0.5, 0.6) is 11.5 Å². The van der Waals surface area contributed by atoms with E-state index in [-0.39, 0.29) is 11.1 Å². The molecule has 0 aromatic heterocycles. The van der Waals surface area contributed by atoms with Crippen LogP contribution in [0.3, 0.4) is 0 Å². The van der Waals surface area contributed by atoms with Crippen LogP contribution in [0.15, 0.2) is 102 Å². The van der Waals surface area contributed by atoms with Gasteiger partial charge in [-0.05, 0) is 61.0 Å². The van der Waals surface area contributed by atoms with Crippen LogP contribution < -0.4 is 9.64 Å². The molecule has 2 amide bonds. The van der Waals surface area contributed by atoms with Gasteiger partial charge in [0, 0.05) is 15.6 Å². The maximum absolute atomic E-state index is 14.1. The molecule has 4 aromatic rings. The van der Waals surface area contributed by atoms with E-state index in [1.54, 1.807) is 48.5 Å². The number of hydrogen-bond donors (Lipinski definition) is 0. The molecule has 41 heavy (non-hydrogen) atoms. The van der Waals surface area contributed by atoms with Crippen LogP contribution in [0.2, 0.25) is 0 Å². The first-order chi connectivity index (χ1) is 19.8. The van der Waals surface area contributed by atoms with Crippen LogP contribution in [0.1, 0.15) is 37.9 Å². The number of Topliss-reactive ketones (excluding diaryl/α,β-unsaturated/α-hetero) is 2. The zero-order valence-electron chi connectivity index (χ0n) is 21.7. The molecular formula is C33H22BrNO6. The molecular weight excluding hydrogens is 586 g/mol. The van der Waals surface area contributed by atoms with E-state index in [1.165, 1.54) is 0 Å². The number of hydrogen-bond acceptors (Lipinski definition) is 6. The highest BCUT2D eigenvalue weighted by Crippen LogP contribution is 2.57. The van der Waals surface area contributed by atoms with Crippen LogP contribution in [-0.2, 0) is 14.3 Å². The van der Waals surface area contributed by atoms with Gasteiger partial charge in [0.15, 0.2) is 0 Å². The van der Waals surface area contributed by atoms with Crippen molar-refractivity contribution in [1.82, 2.24) is 0 Å². The lowest BCUT2D eigenvalue weighted by atomic mass is 9.77. The quantitative estimate of drug-likeness (QED) is 0.201. The van der Waals surface area contributed by atoms with Gasteiger partial charge in [-0.3, -0.25) is 19.2 Å². The number of amides is 2. The maximum atomic E-state index is 14.1. The molecule has 0 saturated carbocycles. The molecule has 2 heterocycles. The molecule has 202 valence electrons. The van der Waals surface area contributed by atoms with Crippen molar-refractivity contribution in [3.05, 3.63) is 124 Å². The number of ketones is 2. The van der Waals surface area contributed by atoms with Crippen molar-refractivity contribution in [2.75, 3.05) is 4.90 Å². The summed E-state index contributed by atoms with van der Waals surface area (Å²) in [4.78, 5) is 57.0.